The van der Waals surface area contributed by atoms with Crippen LogP contribution < -0.4 is 5.32 Å². The molecule has 2 heterocycles. The zero-order valence-electron chi connectivity index (χ0n) is 7.21. The molecule has 0 aromatic heterocycles. The number of hydrogen-bond donors (Lipinski definition) is 1. The number of hydroxylamine groups is 2. The van der Waals surface area contributed by atoms with E-state index >= 15 is 0 Å². The Morgan fingerprint density at radius 3 is 2.73 bits per heavy atom. The summed E-state index contributed by atoms with van der Waals surface area (Å²) >= 11 is 0. The van der Waals surface area contributed by atoms with Crippen molar-refractivity contribution in [1.82, 2.24) is 10.4 Å². The number of piperidine rings is 1. The highest BCUT2D eigenvalue weighted by atomic mass is 16.7. The summed E-state index contributed by atoms with van der Waals surface area (Å²) in [6, 6.07) is 1.99. The molecule has 2 rings (SSSR count). The second kappa shape index (κ2) is 2.73. The van der Waals surface area contributed by atoms with E-state index in [4.69, 9.17) is 4.84 Å². The van der Waals surface area contributed by atoms with E-state index in [1.54, 1.807) is 0 Å². The minimum absolute atomic E-state index is 0.597. The van der Waals surface area contributed by atoms with Gasteiger partial charge in [-0.2, -0.15) is 5.06 Å². The van der Waals surface area contributed by atoms with E-state index in [2.05, 4.69) is 17.3 Å². The first-order valence-corrected chi connectivity index (χ1v) is 4.39. The SMILES string of the molecule is CNC1CC(C)N2OCC2C1. The van der Waals surface area contributed by atoms with Gasteiger partial charge >= 0.3 is 0 Å². The molecule has 11 heavy (non-hydrogen) atoms. The second-order valence-electron chi connectivity index (χ2n) is 3.62. The number of rotatable bonds is 1. The third-order valence-electron chi connectivity index (χ3n) is 2.80. The van der Waals surface area contributed by atoms with Crippen LogP contribution in [0.3, 0.4) is 0 Å². The van der Waals surface area contributed by atoms with Gasteiger partial charge in [-0.3, -0.25) is 4.84 Å². The first-order chi connectivity index (χ1) is 5.31. The fraction of sp³-hybridized carbons (Fsp3) is 1.00. The average Bonchev–Trinajstić information content (AvgIpc) is 1.93. The highest BCUT2D eigenvalue weighted by molar-refractivity contribution is 4.89. The largest absolute Gasteiger partial charge is 0.317 e. The topological polar surface area (TPSA) is 24.5 Å². The molecule has 2 saturated heterocycles. The third-order valence-corrected chi connectivity index (χ3v) is 2.80. The summed E-state index contributed by atoms with van der Waals surface area (Å²) in [6.07, 6.45) is 2.47. The molecule has 0 radical (unpaired) electrons. The van der Waals surface area contributed by atoms with Crippen LogP contribution in [0.25, 0.3) is 0 Å². The van der Waals surface area contributed by atoms with Crippen molar-refractivity contribution in [3.05, 3.63) is 0 Å². The van der Waals surface area contributed by atoms with E-state index in [0.717, 1.165) is 6.61 Å². The molecule has 3 nitrogen and oxygen atoms in total. The Hall–Kier alpha value is -0.120. The van der Waals surface area contributed by atoms with Gasteiger partial charge in [0, 0.05) is 12.1 Å². The van der Waals surface area contributed by atoms with E-state index in [-0.39, 0.29) is 0 Å². The predicted molar refractivity (Wildman–Crippen MR) is 43.1 cm³/mol. The van der Waals surface area contributed by atoms with Crippen molar-refractivity contribution >= 4 is 0 Å². The zero-order chi connectivity index (χ0) is 7.84. The van der Waals surface area contributed by atoms with Crippen LogP contribution in [0.4, 0.5) is 0 Å². The molecule has 3 atom stereocenters. The summed E-state index contributed by atoms with van der Waals surface area (Å²) in [6.45, 7) is 3.16. The molecule has 0 spiro atoms. The monoisotopic (exact) mass is 156 g/mol. The zero-order valence-corrected chi connectivity index (χ0v) is 7.21. The van der Waals surface area contributed by atoms with Gasteiger partial charge in [-0.05, 0) is 26.8 Å². The third kappa shape index (κ3) is 1.17. The fourth-order valence-electron chi connectivity index (χ4n) is 2.10. The van der Waals surface area contributed by atoms with Crippen LogP contribution in [-0.2, 0) is 4.84 Å². The number of nitrogens with zero attached hydrogens (tertiary/aromatic N) is 1. The van der Waals surface area contributed by atoms with Crippen molar-refractivity contribution in [3.8, 4) is 0 Å². The van der Waals surface area contributed by atoms with Gasteiger partial charge in [0.05, 0.1) is 12.6 Å². The van der Waals surface area contributed by atoms with Crippen molar-refractivity contribution in [2.75, 3.05) is 13.7 Å². The molecular formula is C8H16N2O. The molecule has 0 bridgehead atoms. The molecule has 2 aliphatic heterocycles. The van der Waals surface area contributed by atoms with E-state index in [1.807, 2.05) is 7.05 Å². The number of nitrogens with one attached hydrogen (secondary N) is 1. The van der Waals surface area contributed by atoms with Crippen LogP contribution in [0.5, 0.6) is 0 Å². The molecule has 64 valence electrons. The summed E-state index contributed by atoms with van der Waals surface area (Å²) in [4.78, 5) is 5.35. The van der Waals surface area contributed by atoms with Crippen LogP contribution in [0.1, 0.15) is 19.8 Å². The van der Waals surface area contributed by atoms with Crippen molar-refractivity contribution in [2.24, 2.45) is 0 Å². The van der Waals surface area contributed by atoms with Crippen LogP contribution >= 0.6 is 0 Å². The highest BCUT2D eigenvalue weighted by Gasteiger charge is 2.39. The van der Waals surface area contributed by atoms with Crippen molar-refractivity contribution < 1.29 is 4.84 Å². The lowest BCUT2D eigenvalue weighted by Crippen LogP contribution is -2.61. The predicted octanol–water partition coefficient (Wildman–Crippen LogP) is 0.372. The number of hydrogen-bond acceptors (Lipinski definition) is 3. The molecule has 1 N–H and O–H groups in total. The Labute approximate surface area is 67.7 Å². The van der Waals surface area contributed by atoms with Crippen LogP contribution in [0.15, 0.2) is 0 Å². The highest BCUT2D eigenvalue weighted by Crippen LogP contribution is 2.29. The average molecular weight is 156 g/mol. The molecule has 0 aliphatic carbocycles. The molecule has 3 heteroatoms. The summed E-state index contributed by atoms with van der Waals surface area (Å²) in [5.41, 5.74) is 0. The van der Waals surface area contributed by atoms with Gasteiger partial charge in [0.2, 0.25) is 0 Å². The normalized spacial score (nSPS) is 44.7. The van der Waals surface area contributed by atoms with Gasteiger partial charge < -0.3 is 5.32 Å². The fourth-order valence-corrected chi connectivity index (χ4v) is 2.10. The molecule has 0 amide bonds. The molecule has 2 aliphatic rings. The minimum atomic E-state index is 0.597. The maximum atomic E-state index is 5.35. The Morgan fingerprint density at radius 2 is 2.27 bits per heavy atom. The summed E-state index contributed by atoms with van der Waals surface area (Å²) < 4.78 is 0. The maximum Gasteiger partial charge on any atom is 0.0864 e. The Kier molecular flexibility index (Phi) is 1.87. The van der Waals surface area contributed by atoms with E-state index in [1.165, 1.54) is 12.8 Å². The first kappa shape index (κ1) is 7.53. The molecule has 2 fully saturated rings. The van der Waals surface area contributed by atoms with Gasteiger partial charge in [-0.1, -0.05) is 0 Å². The van der Waals surface area contributed by atoms with Crippen LogP contribution in [0, 0.1) is 0 Å². The lowest BCUT2D eigenvalue weighted by molar-refractivity contribution is -0.322. The molecule has 0 aromatic rings. The van der Waals surface area contributed by atoms with Crippen molar-refractivity contribution in [2.45, 2.75) is 37.9 Å². The van der Waals surface area contributed by atoms with Crippen LogP contribution in [-0.4, -0.2) is 36.8 Å². The van der Waals surface area contributed by atoms with E-state index in [0.29, 0.717) is 18.1 Å². The smallest absolute Gasteiger partial charge is 0.0864 e. The van der Waals surface area contributed by atoms with Crippen molar-refractivity contribution in [1.29, 1.82) is 0 Å². The van der Waals surface area contributed by atoms with Gasteiger partial charge in [-0.25, -0.2) is 0 Å². The second-order valence-corrected chi connectivity index (χ2v) is 3.62. The Morgan fingerprint density at radius 1 is 1.45 bits per heavy atom. The molecular weight excluding hydrogens is 140 g/mol. The quantitative estimate of drug-likeness (QED) is 0.593. The lowest BCUT2D eigenvalue weighted by Gasteiger charge is -2.49. The summed E-state index contributed by atoms with van der Waals surface area (Å²) in [5, 5.41) is 5.48. The van der Waals surface area contributed by atoms with Gasteiger partial charge in [0.25, 0.3) is 0 Å². The van der Waals surface area contributed by atoms with Crippen LogP contribution in [0.2, 0.25) is 0 Å². The summed E-state index contributed by atoms with van der Waals surface area (Å²) in [5.74, 6) is 0. The van der Waals surface area contributed by atoms with Gasteiger partial charge in [0.1, 0.15) is 0 Å². The van der Waals surface area contributed by atoms with Gasteiger partial charge in [-0.15, -0.1) is 0 Å². The lowest BCUT2D eigenvalue weighted by atomic mass is 9.93. The maximum absolute atomic E-state index is 5.35. The number of fused-ring (bicyclic) bond motifs is 1. The van der Waals surface area contributed by atoms with E-state index in [9.17, 15) is 0 Å². The molecule has 0 saturated carbocycles. The van der Waals surface area contributed by atoms with Crippen molar-refractivity contribution in [3.63, 3.8) is 0 Å². The summed E-state index contributed by atoms with van der Waals surface area (Å²) in [7, 11) is 2.05. The van der Waals surface area contributed by atoms with Gasteiger partial charge in [0.15, 0.2) is 0 Å². The molecule has 3 unspecified atom stereocenters. The molecule has 0 aromatic carbocycles. The van der Waals surface area contributed by atoms with E-state index < -0.39 is 0 Å². The Balaban J connectivity index is 1.95. The minimum Gasteiger partial charge on any atom is -0.317 e. The standard InChI is InChI=1S/C8H16N2O/c1-6-3-7(9-2)4-8-5-11-10(6)8/h6-9H,3-5H2,1-2H3. The Bertz CT molecular complexity index is 140. The first-order valence-electron chi connectivity index (χ1n) is 4.39.